The maximum absolute atomic E-state index is 11.3. The number of aliphatic hydroxyl groups excluding tert-OH is 1. The average molecular weight is 337 g/mol. The molecule has 0 heterocycles. The molecule has 1 unspecified atom stereocenters. The molecule has 0 aromatic heterocycles. The fraction of sp³-hybridized carbons (Fsp3) is 0.933. The summed E-state index contributed by atoms with van der Waals surface area (Å²) < 4.78 is 21.8. The Balaban J connectivity index is 3.76. The Morgan fingerprint density at radius 3 is 2.23 bits per heavy atom. The van der Waals surface area contributed by atoms with Gasteiger partial charge in [0.25, 0.3) is 0 Å². The van der Waals surface area contributed by atoms with Crippen molar-refractivity contribution in [3.8, 4) is 0 Å². The van der Waals surface area contributed by atoms with Gasteiger partial charge in [-0.25, -0.2) is 0 Å². The normalized spacial score (nSPS) is 13.4. The lowest BCUT2D eigenvalue weighted by molar-refractivity contribution is -0.151. The maximum Gasteiger partial charge on any atom is 0.334 e. The molecule has 0 aliphatic rings. The fourth-order valence-corrected chi connectivity index (χ4v) is 4.28. The second-order valence-electron chi connectivity index (χ2n) is 5.62. The van der Waals surface area contributed by atoms with Gasteiger partial charge < -0.3 is 23.4 Å². The number of carbonyl (C=O) groups excluding carboxylic acids is 1. The Bertz CT molecular complexity index is 292. The number of carbonyl (C=O) groups is 1. The lowest BCUT2D eigenvalue weighted by atomic mass is 10.2. The molecule has 0 saturated heterocycles. The number of ether oxygens (including phenoxy) is 2. The molecule has 7 heteroatoms. The minimum absolute atomic E-state index is 0.0264. The van der Waals surface area contributed by atoms with Crippen LogP contribution in [0.15, 0.2) is 0 Å². The molecule has 1 N–H and O–H groups in total. The molecule has 132 valence electrons. The molecule has 6 nitrogen and oxygen atoms in total. The third kappa shape index (κ3) is 10.3. The van der Waals surface area contributed by atoms with Crippen LogP contribution in [-0.2, 0) is 23.1 Å². The smallest absolute Gasteiger partial charge is 0.334 e. The second kappa shape index (κ2) is 12.0. The van der Waals surface area contributed by atoms with Crippen LogP contribution < -0.4 is 0 Å². The predicted octanol–water partition coefficient (Wildman–Crippen LogP) is 2.10. The van der Waals surface area contributed by atoms with Crippen LogP contribution in [0, 0.1) is 5.92 Å². The third-order valence-electron chi connectivity index (χ3n) is 3.02. The third-order valence-corrected chi connectivity index (χ3v) is 6.08. The molecule has 0 fully saturated rings. The summed E-state index contributed by atoms with van der Waals surface area (Å²) in [6.45, 7) is 11.5. The van der Waals surface area contributed by atoms with Crippen molar-refractivity contribution in [2.75, 3.05) is 33.0 Å². The van der Waals surface area contributed by atoms with Crippen molar-refractivity contribution in [2.45, 2.75) is 52.8 Å². The monoisotopic (exact) mass is 336 g/mol. The zero-order valence-electron chi connectivity index (χ0n) is 14.6. The number of esters is 1. The van der Waals surface area contributed by atoms with Gasteiger partial charge in [0.2, 0.25) is 0 Å². The predicted molar refractivity (Wildman–Crippen MR) is 86.9 cm³/mol. The molecule has 0 aliphatic carbocycles. The lowest BCUT2D eigenvalue weighted by Crippen LogP contribution is -2.39. The molecule has 0 aromatic rings. The van der Waals surface area contributed by atoms with E-state index in [9.17, 15) is 9.90 Å². The zero-order valence-corrected chi connectivity index (χ0v) is 15.6. The van der Waals surface area contributed by atoms with Gasteiger partial charge in [-0.3, -0.25) is 4.79 Å². The molecule has 0 rings (SSSR count). The minimum Gasteiger partial charge on any atom is -0.463 e. The van der Waals surface area contributed by atoms with Gasteiger partial charge in [0.05, 0.1) is 12.5 Å². The summed E-state index contributed by atoms with van der Waals surface area (Å²) in [6.07, 6.45) is 0.0337. The van der Waals surface area contributed by atoms with Crippen LogP contribution in [0.3, 0.4) is 0 Å². The Morgan fingerprint density at radius 1 is 1.14 bits per heavy atom. The Hall–Kier alpha value is -0.473. The number of rotatable bonds is 13. The molecule has 0 aliphatic heterocycles. The van der Waals surface area contributed by atoms with E-state index in [2.05, 4.69) is 6.55 Å². The Kier molecular flexibility index (Phi) is 11.8. The highest BCUT2D eigenvalue weighted by Crippen LogP contribution is 2.15. The maximum atomic E-state index is 11.3. The van der Waals surface area contributed by atoms with E-state index in [1.807, 2.05) is 13.8 Å². The van der Waals surface area contributed by atoms with Crippen molar-refractivity contribution < 1.29 is 28.2 Å². The molecule has 22 heavy (non-hydrogen) atoms. The number of hydrogen-bond donors (Lipinski definition) is 1. The topological polar surface area (TPSA) is 74.2 Å². The van der Waals surface area contributed by atoms with E-state index >= 15 is 0 Å². The molecule has 1 atom stereocenters. The first kappa shape index (κ1) is 21.5. The van der Waals surface area contributed by atoms with Crippen LogP contribution >= 0.6 is 0 Å². The summed E-state index contributed by atoms with van der Waals surface area (Å²) in [5.41, 5.74) is 0. The van der Waals surface area contributed by atoms with E-state index < -0.39 is 14.7 Å². The highest BCUT2D eigenvalue weighted by molar-refractivity contribution is 6.66. The summed E-state index contributed by atoms with van der Waals surface area (Å²) >= 11 is 0. The molecule has 0 aromatic carbocycles. The number of aliphatic hydroxyl groups is 1. The van der Waals surface area contributed by atoms with Gasteiger partial charge in [-0.2, -0.15) is 0 Å². The SMILES string of the molecule is CCO[Si](C)(CCCOCC(O)COC(=O)C(C)C)OCC. The second-order valence-corrected chi connectivity index (χ2v) is 8.96. The summed E-state index contributed by atoms with van der Waals surface area (Å²) in [4.78, 5) is 11.3. The van der Waals surface area contributed by atoms with Crippen LogP contribution in [0.25, 0.3) is 0 Å². The first-order chi connectivity index (χ1) is 10.3. The molecular weight excluding hydrogens is 304 g/mol. The summed E-state index contributed by atoms with van der Waals surface area (Å²) in [5.74, 6) is -0.498. The van der Waals surface area contributed by atoms with Gasteiger partial charge in [0.15, 0.2) is 0 Å². The molecular formula is C15H32O6Si. The van der Waals surface area contributed by atoms with Crippen LogP contribution in [0.2, 0.25) is 12.6 Å². The first-order valence-corrected chi connectivity index (χ1v) is 10.6. The lowest BCUT2D eigenvalue weighted by Gasteiger charge is -2.25. The van der Waals surface area contributed by atoms with Crippen molar-refractivity contribution in [1.29, 1.82) is 0 Å². The molecule has 0 amide bonds. The van der Waals surface area contributed by atoms with E-state index in [1.165, 1.54) is 0 Å². The summed E-state index contributed by atoms with van der Waals surface area (Å²) in [7, 11) is -2.08. The highest BCUT2D eigenvalue weighted by Gasteiger charge is 2.29. The van der Waals surface area contributed by atoms with Crippen molar-refractivity contribution >= 4 is 14.5 Å². The van der Waals surface area contributed by atoms with Gasteiger partial charge >= 0.3 is 14.5 Å². The average Bonchev–Trinajstić information content (AvgIpc) is 2.44. The first-order valence-electron chi connectivity index (χ1n) is 8.05. The standard InChI is InChI=1S/C15H32O6Si/c1-6-20-22(5,21-7-2)10-8-9-18-11-14(16)12-19-15(17)13(3)4/h13-14,16H,6-12H2,1-5H3. The van der Waals surface area contributed by atoms with Crippen molar-refractivity contribution in [3.63, 3.8) is 0 Å². The fourth-order valence-electron chi connectivity index (χ4n) is 1.90. The van der Waals surface area contributed by atoms with Gasteiger partial charge in [0.1, 0.15) is 12.7 Å². The van der Waals surface area contributed by atoms with Gasteiger partial charge in [-0.05, 0) is 32.9 Å². The number of hydrogen-bond acceptors (Lipinski definition) is 6. The molecule has 0 radical (unpaired) electrons. The quantitative estimate of drug-likeness (QED) is 0.315. The highest BCUT2D eigenvalue weighted by atomic mass is 28.4. The van der Waals surface area contributed by atoms with Crippen molar-refractivity contribution in [1.82, 2.24) is 0 Å². The Morgan fingerprint density at radius 2 is 1.73 bits per heavy atom. The van der Waals surface area contributed by atoms with E-state index in [0.29, 0.717) is 19.8 Å². The summed E-state index contributed by atoms with van der Waals surface area (Å²) in [6, 6.07) is 0.854. The largest absolute Gasteiger partial charge is 0.463 e. The minimum atomic E-state index is -2.08. The van der Waals surface area contributed by atoms with Crippen molar-refractivity contribution in [2.24, 2.45) is 5.92 Å². The molecule has 0 spiro atoms. The van der Waals surface area contributed by atoms with Crippen LogP contribution in [0.4, 0.5) is 0 Å². The van der Waals surface area contributed by atoms with Crippen LogP contribution in [0.1, 0.15) is 34.1 Å². The van der Waals surface area contributed by atoms with Gasteiger partial charge in [-0.15, -0.1) is 0 Å². The molecule has 0 saturated carbocycles. The van der Waals surface area contributed by atoms with Crippen molar-refractivity contribution in [3.05, 3.63) is 0 Å². The van der Waals surface area contributed by atoms with E-state index in [4.69, 9.17) is 18.3 Å². The zero-order chi connectivity index (χ0) is 17.0. The Labute approximate surface area is 135 Å². The van der Waals surface area contributed by atoms with Crippen LogP contribution in [0.5, 0.6) is 0 Å². The van der Waals surface area contributed by atoms with Gasteiger partial charge in [-0.1, -0.05) is 13.8 Å². The van der Waals surface area contributed by atoms with Gasteiger partial charge in [0, 0.05) is 19.8 Å². The summed E-state index contributed by atoms with van der Waals surface area (Å²) in [5, 5.41) is 9.66. The van der Waals surface area contributed by atoms with E-state index in [-0.39, 0.29) is 25.1 Å². The van der Waals surface area contributed by atoms with E-state index in [0.717, 1.165) is 12.5 Å². The van der Waals surface area contributed by atoms with E-state index in [1.54, 1.807) is 13.8 Å². The van der Waals surface area contributed by atoms with Crippen LogP contribution in [-0.4, -0.2) is 58.8 Å². The molecule has 0 bridgehead atoms.